The molecule has 2 N–H and O–H groups in total. The first-order valence-electron chi connectivity index (χ1n) is 8.60. The predicted octanol–water partition coefficient (Wildman–Crippen LogP) is 2.63. The molecule has 1 amide bonds. The van der Waals surface area contributed by atoms with Gasteiger partial charge in [0, 0.05) is 25.0 Å². The molecule has 0 aliphatic carbocycles. The number of carbonyl (C=O) groups is 1. The van der Waals surface area contributed by atoms with Crippen molar-refractivity contribution in [2.75, 3.05) is 13.2 Å². The Morgan fingerprint density at radius 1 is 1.22 bits per heavy atom. The van der Waals surface area contributed by atoms with Gasteiger partial charge in [0.2, 0.25) is 5.91 Å². The lowest BCUT2D eigenvalue weighted by Crippen LogP contribution is -2.39. The summed E-state index contributed by atoms with van der Waals surface area (Å²) in [4.78, 5) is 12.0. The second kappa shape index (κ2) is 7.77. The van der Waals surface area contributed by atoms with E-state index < -0.39 is 0 Å². The van der Waals surface area contributed by atoms with Crippen molar-refractivity contribution in [3.8, 4) is 5.75 Å². The Morgan fingerprint density at radius 3 is 2.61 bits per heavy atom. The molecule has 0 radical (unpaired) electrons. The largest absolute Gasteiger partial charge is 0.494 e. The van der Waals surface area contributed by atoms with Crippen LogP contribution >= 0.6 is 0 Å². The number of rotatable bonds is 7. The lowest BCUT2D eigenvalue weighted by Gasteiger charge is -2.28. The zero-order chi connectivity index (χ0) is 16.1. The molecule has 126 valence electrons. The number of hydrogen-bond acceptors (Lipinski definition) is 3. The normalized spacial score (nSPS) is 26.0. The number of hydrogen-bond donors (Lipinski definition) is 2. The average Bonchev–Trinajstić information content (AvgIpc) is 2.87. The Morgan fingerprint density at radius 2 is 1.91 bits per heavy atom. The van der Waals surface area contributed by atoms with E-state index in [0.717, 1.165) is 19.3 Å². The number of amides is 1. The van der Waals surface area contributed by atoms with Crippen LogP contribution in [0.3, 0.4) is 0 Å². The smallest absolute Gasteiger partial charge is 0.220 e. The lowest BCUT2D eigenvalue weighted by molar-refractivity contribution is -0.122. The SMILES string of the molecule is O=C(CC1CC2CCC(C1)N2)NCCCOc1ccc(F)cc1. The molecular formula is C18H25FN2O2. The van der Waals surface area contributed by atoms with Gasteiger partial charge in [0.1, 0.15) is 11.6 Å². The van der Waals surface area contributed by atoms with Crippen LogP contribution in [0.1, 0.15) is 38.5 Å². The van der Waals surface area contributed by atoms with Gasteiger partial charge in [0.25, 0.3) is 0 Å². The molecule has 2 atom stereocenters. The number of ether oxygens (including phenoxy) is 1. The maximum atomic E-state index is 12.8. The lowest BCUT2D eigenvalue weighted by atomic mass is 9.89. The van der Waals surface area contributed by atoms with Crippen molar-refractivity contribution in [3.63, 3.8) is 0 Å². The minimum Gasteiger partial charge on any atom is -0.494 e. The molecular weight excluding hydrogens is 295 g/mol. The van der Waals surface area contributed by atoms with Gasteiger partial charge >= 0.3 is 0 Å². The van der Waals surface area contributed by atoms with E-state index in [1.54, 1.807) is 12.1 Å². The highest BCUT2D eigenvalue weighted by Crippen LogP contribution is 2.32. The third kappa shape index (κ3) is 4.93. The number of benzene rings is 1. The molecule has 0 aromatic heterocycles. The van der Waals surface area contributed by atoms with Crippen LogP contribution < -0.4 is 15.4 Å². The van der Waals surface area contributed by atoms with Crippen molar-refractivity contribution < 1.29 is 13.9 Å². The highest BCUT2D eigenvalue weighted by Gasteiger charge is 2.33. The summed E-state index contributed by atoms with van der Waals surface area (Å²) < 4.78 is 18.3. The number of piperidine rings is 1. The van der Waals surface area contributed by atoms with Gasteiger partial charge in [-0.15, -0.1) is 0 Å². The summed E-state index contributed by atoms with van der Waals surface area (Å²) in [7, 11) is 0. The molecule has 4 nitrogen and oxygen atoms in total. The molecule has 0 saturated carbocycles. The zero-order valence-electron chi connectivity index (χ0n) is 13.4. The van der Waals surface area contributed by atoms with Crippen molar-refractivity contribution in [2.45, 2.75) is 50.6 Å². The molecule has 2 bridgehead atoms. The van der Waals surface area contributed by atoms with Crippen molar-refractivity contribution in [3.05, 3.63) is 30.1 Å². The number of carbonyl (C=O) groups excluding carboxylic acids is 1. The minimum absolute atomic E-state index is 0.151. The molecule has 2 aliphatic heterocycles. The molecule has 3 rings (SSSR count). The fourth-order valence-corrected chi connectivity index (χ4v) is 3.70. The Labute approximate surface area is 136 Å². The van der Waals surface area contributed by atoms with E-state index in [0.29, 0.717) is 43.3 Å². The van der Waals surface area contributed by atoms with E-state index >= 15 is 0 Å². The maximum absolute atomic E-state index is 12.8. The fraction of sp³-hybridized carbons (Fsp3) is 0.611. The second-order valence-corrected chi connectivity index (χ2v) is 6.69. The molecule has 2 saturated heterocycles. The fourth-order valence-electron chi connectivity index (χ4n) is 3.70. The Kier molecular flexibility index (Phi) is 5.49. The van der Waals surface area contributed by atoms with E-state index in [1.807, 2.05) is 0 Å². The van der Waals surface area contributed by atoms with Crippen LogP contribution in [0.15, 0.2) is 24.3 Å². The molecule has 2 heterocycles. The molecule has 2 aliphatic rings. The van der Waals surface area contributed by atoms with Gasteiger partial charge in [-0.3, -0.25) is 4.79 Å². The maximum Gasteiger partial charge on any atom is 0.220 e. The van der Waals surface area contributed by atoms with Crippen molar-refractivity contribution in [2.24, 2.45) is 5.92 Å². The van der Waals surface area contributed by atoms with Crippen LogP contribution in [-0.4, -0.2) is 31.1 Å². The molecule has 23 heavy (non-hydrogen) atoms. The van der Waals surface area contributed by atoms with Crippen molar-refractivity contribution in [1.29, 1.82) is 0 Å². The highest BCUT2D eigenvalue weighted by atomic mass is 19.1. The molecule has 0 spiro atoms. The number of fused-ring (bicyclic) bond motifs is 2. The van der Waals surface area contributed by atoms with Gasteiger partial charge in [0.05, 0.1) is 6.61 Å². The van der Waals surface area contributed by atoms with E-state index in [-0.39, 0.29) is 11.7 Å². The quantitative estimate of drug-likeness (QED) is 0.759. The Bertz CT molecular complexity index is 508. The topological polar surface area (TPSA) is 50.4 Å². The molecule has 5 heteroatoms. The van der Waals surface area contributed by atoms with Crippen molar-refractivity contribution in [1.82, 2.24) is 10.6 Å². The van der Waals surface area contributed by atoms with Crippen LogP contribution in [0.4, 0.5) is 4.39 Å². The zero-order valence-corrected chi connectivity index (χ0v) is 13.4. The van der Waals surface area contributed by atoms with E-state index in [4.69, 9.17) is 4.74 Å². The van der Waals surface area contributed by atoms with Crippen LogP contribution in [0.5, 0.6) is 5.75 Å². The summed E-state index contributed by atoms with van der Waals surface area (Å²) in [5.74, 6) is 1.07. The van der Waals surface area contributed by atoms with Crippen LogP contribution in [-0.2, 0) is 4.79 Å². The first-order valence-corrected chi connectivity index (χ1v) is 8.60. The minimum atomic E-state index is -0.268. The molecule has 1 aromatic carbocycles. The first-order chi connectivity index (χ1) is 11.2. The van der Waals surface area contributed by atoms with Gasteiger partial charge in [-0.05, 0) is 62.3 Å². The van der Waals surface area contributed by atoms with Gasteiger partial charge in [-0.25, -0.2) is 4.39 Å². The van der Waals surface area contributed by atoms with Crippen LogP contribution in [0, 0.1) is 11.7 Å². The molecule has 2 unspecified atom stereocenters. The second-order valence-electron chi connectivity index (χ2n) is 6.69. The van der Waals surface area contributed by atoms with Gasteiger partial charge in [0.15, 0.2) is 0 Å². The molecule has 2 fully saturated rings. The van der Waals surface area contributed by atoms with E-state index in [9.17, 15) is 9.18 Å². The summed E-state index contributed by atoms with van der Waals surface area (Å²) in [5.41, 5.74) is 0. The summed E-state index contributed by atoms with van der Waals surface area (Å²) in [6, 6.07) is 7.25. The summed E-state index contributed by atoms with van der Waals surface area (Å²) in [5, 5.41) is 6.58. The summed E-state index contributed by atoms with van der Waals surface area (Å²) >= 11 is 0. The standard InChI is InChI=1S/C18H25FN2O2/c19-14-2-6-17(7-3-14)23-9-1-8-20-18(22)12-13-10-15-4-5-16(11-13)21-15/h2-3,6-7,13,15-16,21H,1,4-5,8-12H2,(H,20,22). The van der Waals surface area contributed by atoms with Gasteiger partial charge in [-0.2, -0.15) is 0 Å². The third-order valence-corrected chi connectivity index (χ3v) is 4.77. The first kappa shape index (κ1) is 16.2. The number of nitrogens with one attached hydrogen (secondary N) is 2. The Hall–Kier alpha value is -1.62. The monoisotopic (exact) mass is 320 g/mol. The van der Waals surface area contributed by atoms with E-state index in [1.165, 1.54) is 25.0 Å². The molecule has 1 aromatic rings. The van der Waals surface area contributed by atoms with E-state index in [2.05, 4.69) is 10.6 Å². The predicted molar refractivity (Wildman–Crippen MR) is 86.8 cm³/mol. The van der Waals surface area contributed by atoms with Gasteiger partial charge in [-0.1, -0.05) is 0 Å². The van der Waals surface area contributed by atoms with Crippen molar-refractivity contribution >= 4 is 5.91 Å². The van der Waals surface area contributed by atoms with Crippen LogP contribution in [0.2, 0.25) is 0 Å². The highest BCUT2D eigenvalue weighted by molar-refractivity contribution is 5.76. The van der Waals surface area contributed by atoms with Crippen LogP contribution in [0.25, 0.3) is 0 Å². The third-order valence-electron chi connectivity index (χ3n) is 4.77. The average molecular weight is 320 g/mol. The summed E-state index contributed by atoms with van der Waals surface area (Å²) in [6.45, 7) is 1.14. The summed E-state index contributed by atoms with van der Waals surface area (Å²) in [6.07, 6.45) is 6.20. The Balaban J connectivity index is 1.27. The number of halogens is 1. The van der Waals surface area contributed by atoms with Gasteiger partial charge < -0.3 is 15.4 Å².